The predicted molar refractivity (Wildman–Crippen MR) is 48.6 cm³/mol. The number of carbonyl (C=O) groups is 1. The second-order valence-corrected chi connectivity index (χ2v) is 3.81. The summed E-state index contributed by atoms with van der Waals surface area (Å²) in [6.07, 6.45) is 3.56. The molecule has 1 fully saturated rings. The quantitative estimate of drug-likeness (QED) is 0.639. The van der Waals surface area contributed by atoms with Crippen LogP contribution >= 0.6 is 0 Å². The van der Waals surface area contributed by atoms with Gasteiger partial charge in [-0.2, -0.15) is 0 Å². The van der Waals surface area contributed by atoms with E-state index in [1.165, 1.54) is 12.8 Å². The first-order valence-corrected chi connectivity index (χ1v) is 4.67. The maximum Gasteiger partial charge on any atom is 0.236 e. The first-order chi connectivity index (χ1) is 5.61. The molecule has 0 saturated heterocycles. The summed E-state index contributed by atoms with van der Waals surface area (Å²) in [6, 6.07) is -0.0127. The molecule has 0 aromatic heterocycles. The summed E-state index contributed by atoms with van der Waals surface area (Å²) < 4.78 is 0. The van der Waals surface area contributed by atoms with Gasteiger partial charge in [-0.1, -0.05) is 13.3 Å². The highest BCUT2D eigenvalue weighted by atomic mass is 16.2. The first kappa shape index (κ1) is 9.52. The summed E-state index contributed by atoms with van der Waals surface area (Å²) in [6.45, 7) is 3.90. The van der Waals surface area contributed by atoms with Gasteiger partial charge in [0.25, 0.3) is 0 Å². The standard InChI is InChI=1S/C9H18N2O/c1-6-4-3-5-8(6)11-9(12)7(2)10/h6-8H,3-5,10H2,1-2H3,(H,11,12). The van der Waals surface area contributed by atoms with E-state index in [0.717, 1.165) is 6.42 Å². The molecule has 0 bridgehead atoms. The Kier molecular flexibility index (Phi) is 3.09. The summed E-state index contributed by atoms with van der Waals surface area (Å²) in [5, 5.41) is 2.96. The lowest BCUT2D eigenvalue weighted by atomic mass is 10.1. The molecule has 3 heteroatoms. The Hall–Kier alpha value is -0.570. The van der Waals surface area contributed by atoms with Crippen LogP contribution in [0.5, 0.6) is 0 Å². The molecule has 1 amide bonds. The summed E-state index contributed by atoms with van der Waals surface area (Å²) in [5.74, 6) is 0.599. The summed E-state index contributed by atoms with van der Waals surface area (Å²) >= 11 is 0. The molecule has 0 spiro atoms. The van der Waals surface area contributed by atoms with Crippen LogP contribution in [-0.4, -0.2) is 18.0 Å². The normalized spacial score (nSPS) is 31.6. The molecule has 0 aliphatic heterocycles. The van der Waals surface area contributed by atoms with Gasteiger partial charge < -0.3 is 11.1 Å². The number of amides is 1. The summed E-state index contributed by atoms with van der Waals surface area (Å²) in [4.78, 5) is 11.2. The van der Waals surface area contributed by atoms with Gasteiger partial charge in [0, 0.05) is 6.04 Å². The Morgan fingerprint density at radius 1 is 1.58 bits per heavy atom. The Morgan fingerprint density at radius 3 is 2.67 bits per heavy atom. The van der Waals surface area contributed by atoms with Gasteiger partial charge in [-0.25, -0.2) is 0 Å². The summed E-state index contributed by atoms with van der Waals surface area (Å²) in [7, 11) is 0. The second kappa shape index (κ2) is 3.90. The van der Waals surface area contributed by atoms with Crippen LogP contribution in [0.15, 0.2) is 0 Å². The Labute approximate surface area is 73.7 Å². The summed E-state index contributed by atoms with van der Waals surface area (Å²) in [5.41, 5.74) is 5.45. The van der Waals surface area contributed by atoms with Gasteiger partial charge in [0.2, 0.25) is 5.91 Å². The van der Waals surface area contributed by atoms with Crippen LogP contribution in [0.25, 0.3) is 0 Å². The fourth-order valence-electron chi connectivity index (χ4n) is 1.67. The SMILES string of the molecule is CC(N)C(=O)NC1CCCC1C. The molecule has 12 heavy (non-hydrogen) atoms. The minimum atomic E-state index is -0.377. The zero-order valence-corrected chi connectivity index (χ0v) is 7.84. The number of hydrogen-bond donors (Lipinski definition) is 2. The molecule has 1 aliphatic carbocycles. The van der Waals surface area contributed by atoms with Crippen LogP contribution in [0.4, 0.5) is 0 Å². The van der Waals surface area contributed by atoms with Crippen LogP contribution in [0.2, 0.25) is 0 Å². The fourth-order valence-corrected chi connectivity index (χ4v) is 1.67. The van der Waals surface area contributed by atoms with E-state index in [-0.39, 0.29) is 11.9 Å². The monoisotopic (exact) mass is 170 g/mol. The molecular formula is C9H18N2O. The molecule has 0 heterocycles. The molecule has 3 N–H and O–H groups in total. The Balaban J connectivity index is 2.35. The van der Waals surface area contributed by atoms with Crippen LogP contribution in [0.3, 0.4) is 0 Å². The highest BCUT2D eigenvalue weighted by Crippen LogP contribution is 2.24. The second-order valence-electron chi connectivity index (χ2n) is 3.81. The van der Waals surface area contributed by atoms with Crippen molar-refractivity contribution in [3.63, 3.8) is 0 Å². The van der Waals surface area contributed by atoms with E-state index in [4.69, 9.17) is 5.73 Å². The van der Waals surface area contributed by atoms with E-state index in [9.17, 15) is 4.79 Å². The fraction of sp³-hybridized carbons (Fsp3) is 0.889. The first-order valence-electron chi connectivity index (χ1n) is 4.67. The minimum Gasteiger partial charge on any atom is -0.352 e. The third kappa shape index (κ3) is 2.21. The van der Waals surface area contributed by atoms with Crippen molar-refractivity contribution in [2.75, 3.05) is 0 Å². The predicted octanol–water partition coefficient (Wildman–Crippen LogP) is 0.638. The Bertz CT molecular complexity index is 168. The van der Waals surface area contributed by atoms with Gasteiger partial charge in [-0.3, -0.25) is 4.79 Å². The van der Waals surface area contributed by atoms with Crippen LogP contribution in [0.1, 0.15) is 33.1 Å². The third-order valence-corrected chi connectivity index (χ3v) is 2.60. The smallest absolute Gasteiger partial charge is 0.236 e. The number of nitrogens with one attached hydrogen (secondary N) is 1. The molecule has 1 rings (SSSR count). The number of carbonyl (C=O) groups excluding carboxylic acids is 1. The third-order valence-electron chi connectivity index (χ3n) is 2.60. The van der Waals surface area contributed by atoms with Gasteiger partial charge in [-0.15, -0.1) is 0 Å². The minimum absolute atomic E-state index is 0.0197. The van der Waals surface area contributed by atoms with Crippen molar-refractivity contribution in [1.29, 1.82) is 0 Å². The average molecular weight is 170 g/mol. The number of rotatable bonds is 2. The lowest BCUT2D eigenvalue weighted by Crippen LogP contribution is -2.44. The van der Waals surface area contributed by atoms with Gasteiger partial charge in [0.05, 0.1) is 6.04 Å². The van der Waals surface area contributed by atoms with Crippen molar-refractivity contribution in [1.82, 2.24) is 5.32 Å². The largest absolute Gasteiger partial charge is 0.352 e. The van der Waals surface area contributed by atoms with Crippen LogP contribution < -0.4 is 11.1 Å². The van der Waals surface area contributed by atoms with Gasteiger partial charge in [-0.05, 0) is 25.7 Å². The van der Waals surface area contributed by atoms with Crippen molar-refractivity contribution < 1.29 is 4.79 Å². The molecule has 70 valence electrons. The van der Waals surface area contributed by atoms with Gasteiger partial charge in [0.15, 0.2) is 0 Å². The van der Waals surface area contributed by atoms with Gasteiger partial charge in [0.1, 0.15) is 0 Å². The molecule has 3 unspecified atom stereocenters. The van der Waals surface area contributed by atoms with Crippen molar-refractivity contribution >= 4 is 5.91 Å². The topological polar surface area (TPSA) is 55.1 Å². The zero-order valence-electron chi connectivity index (χ0n) is 7.84. The highest BCUT2D eigenvalue weighted by Gasteiger charge is 2.25. The molecule has 1 saturated carbocycles. The molecule has 3 atom stereocenters. The molecular weight excluding hydrogens is 152 g/mol. The molecule has 3 nitrogen and oxygen atoms in total. The van der Waals surface area contributed by atoms with Crippen LogP contribution in [0, 0.1) is 5.92 Å². The van der Waals surface area contributed by atoms with Crippen molar-refractivity contribution in [3.05, 3.63) is 0 Å². The Morgan fingerprint density at radius 2 is 2.25 bits per heavy atom. The van der Waals surface area contributed by atoms with E-state index in [1.807, 2.05) is 0 Å². The van der Waals surface area contributed by atoms with Crippen molar-refractivity contribution in [2.45, 2.75) is 45.2 Å². The van der Waals surface area contributed by atoms with Crippen LogP contribution in [-0.2, 0) is 4.79 Å². The molecule has 1 aliphatic rings. The maximum atomic E-state index is 11.2. The van der Waals surface area contributed by atoms with E-state index in [0.29, 0.717) is 12.0 Å². The van der Waals surface area contributed by atoms with Gasteiger partial charge >= 0.3 is 0 Å². The van der Waals surface area contributed by atoms with Crippen molar-refractivity contribution in [3.8, 4) is 0 Å². The lowest BCUT2D eigenvalue weighted by Gasteiger charge is -2.18. The van der Waals surface area contributed by atoms with E-state index < -0.39 is 0 Å². The lowest BCUT2D eigenvalue weighted by molar-refractivity contribution is -0.122. The highest BCUT2D eigenvalue weighted by molar-refractivity contribution is 5.81. The number of hydrogen-bond acceptors (Lipinski definition) is 2. The van der Waals surface area contributed by atoms with Crippen molar-refractivity contribution in [2.24, 2.45) is 11.7 Å². The molecule has 0 aromatic carbocycles. The molecule has 0 radical (unpaired) electrons. The number of nitrogens with two attached hydrogens (primary N) is 1. The van der Waals surface area contributed by atoms with E-state index in [2.05, 4.69) is 12.2 Å². The maximum absolute atomic E-state index is 11.2. The van der Waals surface area contributed by atoms with E-state index in [1.54, 1.807) is 6.92 Å². The average Bonchev–Trinajstić information content (AvgIpc) is 2.36. The molecule has 0 aromatic rings. The zero-order chi connectivity index (χ0) is 9.14. The van der Waals surface area contributed by atoms with E-state index >= 15 is 0 Å².